The Kier molecular flexibility index (Phi) is 52.0. The first kappa shape index (κ1) is 35.0. The molecule has 0 unspecified atom stereocenters. The van der Waals surface area contributed by atoms with E-state index in [0.29, 0.717) is 0 Å². The minimum atomic E-state index is -0.167. The van der Waals surface area contributed by atoms with Crippen LogP contribution >= 0.6 is 0 Å². The molecule has 0 aromatic heterocycles. The van der Waals surface area contributed by atoms with Gasteiger partial charge in [-0.15, -0.1) is 0 Å². The number of rotatable bonds is 7. The Morgan fingerprint density at radius 2 is 0.826 bits per heavy atom. The van der Waals surface area contributed by atoms with E-state index in [9.17, 15) is 0 Å². The second-order valence-corrected chi connectivity index (χ2v) is 6.26. The molecule has 0 aromatic carbocycles. The first-order chi connectivity index (χ1) is 10.1. The van der Waals surface area contributed by atoms with E-state index in [1.165, 1.54) is 44.9 Å². The summed E-state index contributed by atoms with van der Waals surface area (Å²) in [6.07, 6.45) is 10.4. The molecule has 0 saturated heterocycles. The molecule has 0 heterocycles. The summed E-state index contributed by atoms with van der Waals surface area (Å²) < 4.78 is 0. The van der Waals surface area contributed by atoms with Crippen molar-refractivity contribution >= 4 is 0 Å². The zero-order valence-corrected chi connectivity index (χ0v) is 19.4. The molecule has 0 aliphatic rings. The van der Waals surface area contributed by atoms with E-state index in [2.05, 4.69) is 13.8 Å². The zero-order chi connectivity index (χ0) is 18.4. The number of aliphatic hydroxyl groups excluding tert-OH is 3. The van der Waals surface area contributed by atoms with E-state index >= 15 is 0 Å². The van der Waals surface area contributed by atoms with Gasteiger partial charge in [0.1, 0.15) is 0 Å². The van der Waals surface area contributed by atoms with Gasteiger partial charge in [0.2, 0.25) is 0 Å². The molecule has 0 rings (SSSR count). The summed E-state index contributed by atoms with van der Waals surface area (Å²) in [5.41, 5.74) is 0. The predicted octanol–water partition coefficient (Wildman–Crippen LogP) is 5.12. The van der Waals surface area contributed by atoms with E-state index < -0.39 is 0 Å². The van der Waals surface area contributed by atoms with Gasteiger partial charge in [-0.2, -0.15) is 6.42 Å². The summed E-state index contributed by atoms with van der Waals surface area (Å²) in [6, 6.07) is 0. The summed E-state index contributed by atoms with van der Waals surface area (Å²) in [5, 5.41) is 24.2. The maximum Gasteiger partial charge on any atom is 0.0483 e. The molecule has 0 aromatic rings. The molecule has 0 radical (unpaired) electrons. The third-order valence-corrected chi connectivity index (χ3v) is 1.85. The van der Waals surface area contributed by atoms with Crippen molar-refractivity contribution in [2.75, 3.05) is 0 Å². The van der Waals surface area contributed by atoms with Gasteiger partial charge in [0, 0.05) is 44.5 Å². The Morgan fingerprint density at radius 1 is 0.609 bits per heavy atom. The van der Waals surface area contributed by atoms with Gasteiger partial charge in [-0.05, 0) is 41.5 Å². The number of hydrogen-bond donors (Lipinski definition) is 3. The molecular formula is C19H45O3Zr-. The molecule has 23 heavy (non-hydrogen) atoms. The van der Waals surface area contributed by atoms with Crippen LogP contribution in [-0.4, -0.2) is 33.6 Å². The third kappa shape index (κ3) is 163. The summed E-state index contributed by atoms with van der Waals surface area (Å²) >= 11 is 0. The van der Waals surface area contributed by atoms with Crippen LogP contribution in [0.1, 0.15) is 99.8 Å². The minimum Gasteiger partial charge on any atom is -0.394 e. The average molecular weight is 413 g/mol. The van der Waals surface area contributed by atoms with Crippen molar-refractivity contribution in [1.29, 1.82) is 0 Å². The van der Waals surface area contributed by atoms with Gasteiger partial charge >= 0.3 is 0 Å². The van der Waals surface area contributed by atoms with Gasteiger partial charge in [-0.3, -0.25) is 0 Å². The van der Waals surface area contributed by atoms with Gasteiger partial charge < -0.3 is 22.2 Å². The maximum absolute atomic E-state index is 8.06. The van der Waals surface area contributed by atoms with Crippen molar-refractivity contribution in [2.24, 2.45) is 0 Å². The molecule has 3 N–H and O–H groups in total. The van der Waals surface area contributed by atoms with Crippen molar-refractivity contribution in [3.8, 4) is 0 Å². The fourth-order valence-corrected chi connectivity index (χ4v) is 1.13. The van der Waals surface area contributed by atoms with Crippen LogP contribution in [-0.2, 0) is 26.2 Å². The van der Waals surface area contributed by atoms with E-state index in [1.807, 2.05) is 0 Å². The maximum atomic E-state index is 8.06. The van der Waals surface area contributed by atoms with E-state index in [4.69, 9.17) is 15.3 Å². The van der Waals surface area contributed by atoms with Gasteiger partial charge in [0.15, 0.2) is 0 Å². The van der Waals surface area contributed by atoms with Crippen LogP contribution in [0.4, 0.5) is 0 Å². The summed E-state index contributed by atoms with van der Waals surface area (Å²) in [4.78, 5) is 0. The van der Waals surface area contributed by atoms with Crippen molar-refractivity contribution in [3.63, 3.8) is 0 Å². The number of hydrogen-bond acceptors (Lipinski definition) is 3. The first-order valence-corrected chi connectivity index (χ1v) is 8.95. The van der Waals surface area contributed by atoms with Crippen LogP contribution < -0.4 is 0 Å². The van der Waals surface area contributed by atoms with Crippen LogP contribution in [0.15, 0.2) is 0 Å². The first-order valence-electron chi connectivity index (χ1n) is 8.95. The molecular weight excluding hydrogens is 367 g/mol. The molecule has 0 fully saturated rings. The van der Waals surface area contributed by atoms with E-state index in [1.54, 1.807) is 41.5 Å². The van der Waals surface area contributed by atoms with E-state index in [-0.39, 0.29) is 44.5 Å². The number of aliphatic hydroxyl groups is 3. The van der Waals surface area contributed by atoms with Gasteiger partial charge in [0.25, 0.3) is 0 Å². The molecule has 0 atom stereocenters. The van der Waals surface area contributed by atoms with Gasteiger partial charge in [-0.25, -0.2) is 0 Å². The van der Waals surface area contributed by atoms with Crippen molar-refractivity contribution < 1.29 is 41.5 Å². The van der Waals surface area contributed by atoms with Crippen LogP contribution in [0.5, 0.6) is 0 Å². The Balaban J connectivity index is -0.0000000700. The van der Waals surface area contributed by atoms with Crippen LogP contribution in [0.25, 0.3) is 0 Å². The van der Waals surface area contributed by atoms with Gasteiger partial charge in [-0.1, -0.05) is 51.9 Å². The Bertz CT molecular complexity index is 121. The topological polar surface area (TPSA) is 60.7 Å². The molecule has 4 heteroatoms. The van der Waals surface area contributed by atoms with Crippen molar-refractivity contribution in [2.45, 2.75) is 118 Å². The molecule has 0 aliphatic heterocycles. The van der Waals surface area contributed by atoms with Crippen LogP contribution in [0, 0.1) is 6.92 Å². The molecule has 0 aliphatic carbocycles. The quantitative estimate of drug-likeness (QED) is 0.402. The SMILES string of the molecule is CC(C)O.CC(C)O.CC(C)O.[CH2-]CCCCCCCCC.[Zr]. The Morgan fingerprint density at radius 3 is 1.04 bits per heavy atom. The summed E-state index contributed by atoms with van der Waals surface area (Å²) in [5.74, 6) is 0. The average Bonchev–Trinajstić information content (AvgIpc) is 2.31. The Hall–Kier alpha value is 0.763. The fourth-order valence-electron chi connectivity index (χ4n) is 1.13. The van der Waals surface area contributed by atoms with Crippen molar-refractivity contribution in [3.05, 3.63) is 6.92 Å². The third-order valence-electron chi connectivity index (χ3n) is 1.85. The minimum absolute atomic E-state index is 0. The summed E-state index contributed by atoms with van der Waals surface area (Å²) in [6.45, 7) is 16.4. The van der Waals surface area contributed by atoms with Gasteiger partial charge in [0.05, 0.1) is 0 Å². The standard InChI is InChI=1S/C10H21.3C3H8O.Zr/c1-3-5-7-9-10-8-6-4-2;3*1-3(2)4;/h1,3-10H2,2H3;3*3-4H,1-2H3;/q-1;;;;. The molecule has 144 valence electrons. The smallest absolute Gasteiger partial charge is 0.0483 e. The second-order valence-electron chi connectivity index (χ2n) is 6.26. The molecule has 3 nitrogen and oxygen atoms in total. The summed E-state index contributed by atoms with van der Waals surface area (Å²) in [7, 11) is 0. The molecule has 0 bridgehead atoms. The van der Waals surface area contributed by atoms with Crippen LogP contribution in [0.2, 0.25) is 0 Å². The molecule has 0 spiro atoms. The predicted molar refractivity (Wildman–Crippen MR) is 100 cm³/mol. The molecule has 0 amide bonds. The Labute approximate surface area is 166 Å². The second kappa shape index (κ2) is 34.2. The number of unbranched alkanes of at least 4 members (excludes halogenated alkanes) is 7. The normalized spacial score (nSPS) is 9.13. The molecule has 0 saturated carbocycles. The zero-order valence-electron chi connectivity index (χ0n) is 16.9. The largest absolute Gasteiger partial charge is 0.394 e. The van der Waals surface area contributed by atoms with E-state index in [0.717, 1.165) is 6.42 Å². The van der Waals surface area contributed by atoms with Crippen molar-refractivity contribution in [1.82, 2.24) is 0 Å². The fraction of sp³-hybridized carbons (Fsp3) is 0.947. The monoisotopic (exact) mass is 411 g/mol. The van der Waals surface area contributed by atoms with Crippen LogP contribution in [0.3, 0.4) is 0 Å².